The van der Waals surface area contributed by atoms with E-state index in [1.165, 1.54) is 12.8 Å². The number of aromatic nitrogens is 2. The van der Waals surface area contributed by atoms with Gasteiger partial charge in [-0.25, -0.2) is 0 Å². The number of hydrogen-bond donors (Lipinski definition) is 1. The van der Waals surface area contributed by atoms with Crippen LogP contribution in [0.1, 0.15) is 47.5 Å². The average Bonchev–Trinajstić information content (AvgIpc) is 2.97. The van der Waals surface area contributed by atoms with Gasteiger partial charge in [-0.15, -0.1) is 0 Å². The zero-order valence-electron chi connectivity index (χ0n) is 14.4. The Morgan fingerprint density at radius 1 is 1.24 bits per heavy atom. The predicted molar refractivity (Wildman–Crippen MR) is 88.4 cm³/mol. The monoisotopic (exact) mass is 292 g/mol. The number of nitrogens with one attached hydrogen (secondary N) is 1. The lowest BCUT2D eigenvalue weighted by molar-refractivity contribution is 0.0161. The van der Waals surface area contributed by atoms with E-state index in [4.69, 9.17) is 0 Å². The Labute approximate surface area is 129 Å². The summed E-state index contributed by atoms with van der Waals surface area (Å²) in [6.07, 6.45) is 6.31. The molecule has 1 unspecified atom stereocenters. The van der Waals surface area contributed by atoms with Gasteiger partial charge in [0.05, 0.1) is 6.54 Å². The maximum atomic E-state index is 4.34. The fraction of sp³-hybridized carbons (Fsp3) is 0.824. The van der Waals surface area contributed by atoms with Crippen molar-refractivity contribution in [1.29, 1.82) is 0 Å². The zero-order chi connectivity index (χ0) is 15.5. The second-order valence-corrected chi connectivity index (χ2v) is 7.49. The van der Waals surface area contributed by atoms with Gasteiger partial charge in [0.2, 0.25) is 0 Å². The molecule has 1 aromatic rings. The Hall–Kier alpha value is -0.870. The maximum Gasteiger partial charge on any atom is 0.0536 e. The number of nitrogens with zero attached hydrogens (tertiary/aromatic N) is 3. The van der Waals surface area contributed by atoms with Gasteiger partial charge in [0.25, 0.3) is 0 Å². The van der Waals surface area contributed by atoms with E-state index in [-0.39, 0.29) is 5.54 Å². The molecule has 0 aliphatic carbocycles. The third-order valence-corrected chi connectivity index (χ3v) is 5.15. The molecule has 120 valence electrons. The largest absolute Gasteiger partial charge is 0.308 e. The Balaban J connectivity index is 2.09. The molecule has 2 heterocycles. The fourth-order valence-corrected chi connectivity index (χ4v) is 3.47. The van der Waals surface area contributed by atoms with Crippen molar-refractivity contribution in [2.45, 2.75) is 65.6 Å². The summed E-state index contributed by atoms with van der Waals surface area (Å²) in [5.41, 5.74) is 0.580. The average molecular weight is 292 g/mol. The molecule has 0 radical (unpaired) electrons. The quantitative estimate of drug-likeness (QED) is 0.906. The summed E-state index contributed by atoms with van der Waals surface area (Å²) in [7, 11) is 0. The fourth-order valence-electron chi connectivity index (χ4n) is 3.47. The van der Waals surface area contributed by atoms with Crippen molar-refractivity contribution in [3.63, 3.8) is 0 Å². The number of rotatable bonds is 5. The lowest BCUT2D eigenvalue weighted by atomic mass is 9.80. The summed E-state index contributed by atoms with van der Waals surface area (Å²) in [6.45, 7) is 15.9. The van der Waals surface area contributed by atoms with Gasteiger partial charge >= 0.3 is 0 Å². The molecule has 1 aliphatic rings. The van der Waals surface area contributed by atoms with Crippen LogP contribution in [-0.4, -0.2) is 45.9 Å². The molecule has 1 aromatic heterocycles. The van der Waals surface area contributed by atoms with Gasteiger partial charge in [-0.2, -0.15) is 5.10 Å². The molecule has 1 atom stereocenters. The lowest BCUT2D eigenvalue weighted by Gasteiger charge is -2.51. The highest BCUT2D eigenvalue weighted by atomic mass is 15.3. The van der Waals surface area contributed by atoms with Gasteiger partial charge in [0.1, 0.15) is 0 Å². The van der Waals surface area contributed by atoms with Crippen molar-refractivity contribution in [1.82, 2.24) is 20.0 Å². The molecule has 1 saturated heterocycles. The summed E-state index contributed by atoms with van der Waals surface area (Å²) in [4.78, 5) is 2.69. The minimum absolute atomic E-state index is 0.284. The first kappa shape index (κ1) is 16.5. The van der Waals surface area contributed by atoms with Crippen LogP contribution in [0, 0.1) is 5.41 Å². The minimum atomic E-state index is 0.284. The molecule has 0 amide bonds. The van der Waals surface area contributed by atoms with Gasteiger partial charge in [0, 0.05) is 43.6 Å². The second kappa shape index (κ2) is 6.49. The molecule has 21 heavy (non-hydrogen) atoms. The van der Waals surface area contributed by atoms with Crippen LogP contribution in [0.2, 0.25) is 0 Å². The van der Waals surface area contributed by atoms with Gasteiger partial charge in [-0.05, 0) is 24.3 Å². The highest BCUT2D eigenvalue weighted by molar-refractivity contribution is 4.99. The molecule has 1 fully saturated rings. The molecule has 4 heteroatoms. The third kappa shape index (κ3) is 3.86. The maximum absolute atomic E-state index is 4.34. The molecule has 2 rings (SSSR count). The SMILES string of the molecule is CCC1(CC)CN(CCn2cccn2)C(C(C)(C)C)CN1. The topological polar surface area (TPSA) is 33.1 Å². The summed E-state index contributed by atoms with van der Waals surface area (Å²) < 4.78 is 2.04. The summed E-state index contributed by atoms with van der Waals surface area (Å²) in [5.74, 6) is 0. The van der Waals surface area contributed by atoms with Crippen LogP contribution in [0.25, 0.3) is 0 Å². The number of hydrogen-bond acceptors (Lipinski definition) is 3. The van der Waals surface area contributed by atoms with Crippen LogP contribution < -0.4 is 5.32 Å². The van der Waals surface area contributed by atoms with Crippen LogP contribution >= 0.6 is 0 Å². The van der Waals surface area contributed by atoms with E-state index in [1.807, 2.05) is 16.9 Å². The van der Waals surface area contributed by atoms with E-state index in [2.05, 4.69) is 56.1 Å². The van der Waals surface area contributed by atoms with Crippen LogP contribution in [-0.2, 0) is 6.54 Å². The molecular weight excluding hydrogens is 260 g/mol. The van der Waals surface area contributed by atoms with E-state index in [9.17, 15) is 0 Å². The number of piperazine rings is 1. The van der Waals surface area contributed by atoms with E-state index in [0.29, 0.717) is 11.5 Å². The molecule has 0 spiro atoms. The van der Waals surface area contributed by atoms with Crippen molar-refractivity contribution in [2.75, 3.05) is 19.6 Å². The molecule has 1 N–H and O–H groups in total. The highest BCUT2D eigenvalue weighted by Gasteiger charge is 2.40. The lowest BCUT2D eigenvalue weighted by Crippen LogP contribution is -2.66. The highest BCUT2D eigenvalue weighted by Crippen LogP contribution is 2.31. The Morgan fingerprint density at radius 3 is 2.48 bits per heavy atom. The minimum Gasteiger partial charge on any atom is -0.308 e. The van der Waals surface area contributed by atoms with E-state index in [1.54, 1.807) is 0 Å². The Bertz CT molecular complexity index is 414. The first-order valence-electron chi connectivity index (χ1n) is 8.37. The van der Waals surface area contributed by atoms with Gasteiger partial charge in [-0.3, -0.25) is 9.58 Å². The van der Waals surface area contributed by atoms with Crippen molar-refractivity contribution in [3.8, 4) is 0 Å². The van der Waals surface area contributed by atoms with Crippen molar-refractivity contribution < 1.29 is 0 Å². The molecule has 0 saturated carbocycles. The molecule has 4 nitrogen and oxygen atoms in total. The van der Waals surface area contributed by atoms with E-state index in [0.717, 1.165) is 26.2 Å². The van der Waals surface area contributed by atoms with Crippen LogP contribution in [0.15, 0.2) is 18.5 Å². The van der Waals surface area contributed by atoms with Gasteiger partial charge in [-0.1, -0.05) is 34.6 Å². The van der Waals surface area contributed by atoms with E-state index < -0.39 is 0 Å². The normalized spacial score (nSPS) is 23.4. The summed E-state index contributed by atoms with van der Waals surface area (Å²) in [6, 6.07) is 2.58. The Morgan fingerprint density at radius 2 is 1.95 bits per heavy atom. The standard InChI is InChI=1S/C17H32N4/c1-6-17(7-2)14-20(11-12-21-10-8-9-19-21)15(13-18-17)16(3,4)5/h8-10,15,18H,6-7,11-14H2,1-5H3. The molecular formula is C17H32N4. The molecule has 1 aliphatic heterocycles. The van der Waals surface area contributed by atoms with Gasteiger partial charge < -0.3 is 5.32 Å². The smallest absolute Gasteiger partial charge is 0.0536 e. The zero-order valence-corrected chi connectivity index (χ0v) is 14.4. The first-order chi connectivity index (χ1) is 9.90. The van der Waals surface area contributed by atoms with Crippen molar-refractivity contribution >= 4 is 0 Å². The van der Waals surface area contributed by atoms with Crippen molar-refractivity contribution in [3.05, 3.63) is 18.5 Å². The first-order valence-corrected chi connectivity index (χ1v) is 8.37. The predicted octanol–water partition coefficient (Wildman–Crippen LogP) is 2.76. The summed E-state index contributed by atoms with van der Waals surface area (Å²) in [5, 5.41) is 8.19. The van der Waals surface area contributed by atoms with E-state index >= 15 is 0 Å². The van der Waals surface area contributed by atoms with Gasteiger partial charge in [0.15, 0.2) is 0 Å². The second-order valence-electron chi connectivity index (χ2n) is 7.49. The summed E-state index contributed by atoms with van der Waals surface area (Å²) >= 11 is 0. The van der Waals surface area contributed by atoms with Crippen molar-refractivity contribution in [2.24, 2.45) is 5.41 Å². The Kier molecular flexibility index (Phi) is 5.10. The van der Waals surface area contributed by atoms with Crippen LogP contribution in [0.3, 0.4) is 0 Å². The molecule has 0 bridgehead atoms. The van der Waals surface area contributed by atoms with Crippen LogP contribution in [0.4, 0.5) is 0 Å². The molecule has 0 aromatic carbocycles. The third-order valence-electron chi connectivity index (χ3n) is 5.15. The van der Waals surface area contributed by atoms with Crippen LogP contribution in [0.5, 0.6) is 0 Å².